The van der Waals surface area contributed by atoms with Gasteiger partial charge < -0.3 is 52.1 Å². The van der Waals surface area contributed by atoms with Gasteiger partial charge >= 0.3 is 0 Å². The zero-order chi connectivity index (χ0) is 33.1. The highest BCUT2D eigenvalue weighted by Crippen LogP contribution is 2.10. The number of hydrogen-bond donors (Lipinski definition) is 0. The lowest BCUT2D eigenvalue weighted by Crippen LogP contribution is -2.15. The average molecular weight is 667 g/mol. The molecular formula is C35H70O11. The zero-order valence-electron chi connectivity index (χ0n) is 29.4. The second kappa shape index (κ2) is 44.3. The molecule has 0 aromatic heterocycles. The van der Waals surface area contributed by atoms with E-state index >= 15 is 0 Å². The largest absolute Gasteiger partial charge is 0.379 e. The fourth-order valence-electron chi connectivity index (χ4n) is 4.06. The van der Waals surface area contributed by atoms with Crippen LogP contribution in [0.2, 0.25) is 0 Å². The molecule has 0 saturated heterocycles. The summed E-state index contributed by atoms with van der Waals surface area (Å²) in [7, 11) is 0. The Bertz CT molecular complexity index is 543. The van der Waals surface area contributed by atoms with Crippen LogP contribution in [0.1, 0.15) is 71.1 Å². The normalized spacial score (nSPS) is 11.5. The van der Waals surface area contributed by atoms with Crippen molar-refractivity contribution >= 4 is 0 Å². The van der Waals surface area contributed by atoms with Gasteiger partial charge in [-0.1, -0.05) is 70.8 Å². The molecule has 0 amide bonds. The molecule has 11 heteroatoms. The molecule has 0 unspecified atom stereocenters. The Morgan fingerprint density at radius 2 is 0.500 bits per heavy atom. The topological polar surface area (TPSA) is 102 Å². The highest BCUT2D eigenvalue weighted by Gasteiger charge is 1.97. The monoisotopic (exact) mass is 666 g/mol. The molecule has 11 nitrogen and oxygen atoms in total. The van der Waals surface area contributed by atoms with Gasteiger partial charge in [-0.3, -0.25) is 0 Å². The van der Waals surface area contributed by atoms with Crippen LogP contribution in [0.25, 0.3) is 0 Å². The summed E-state index contributed by atoms with van der Waals surface area (Å²) >= 11 is 0. The van der Waals surface area contributed by atoms with E-state index in [2.05, 4.69) is 13.5 Å². The lowest BCUT2D eigenvalue weighted by molar-refractivity contribution is -0.0273. The van der Waals surface area contributed by atoms with Crippen LogP contribution in [-0.4, -0.2) is 145 Å². The van der Waals surface area contributed by atoms with Gasteiger partial charge in [-0.2, -0.15) is 0 Å². The third-order valence-corrected chi connectivity index (χ3v) is 6.60. The Kier molecular flexibility index (Phi) is 43.6. The first-order valence-electron chi connectivity index (χ1n) is 17.9. The molecule has 46 heavy (non-hydrogen) atoms. The summed E-state index contributed by atoms with van der Waals surface area (Å²) in [4.78, 5) is 0. The molecule has 0 bridgehead atoms. The van der Waals surface area contributed by atoms with Crippen LogP contribution >= 0.6 is 0 Å². The van der Waals surface area contributed by atoms with E-state index in [1.165, 1.54) is 57.8 Å². The maximum atomic E-state index is 5.65. The van der Waals surface area contributed by atoms with Crippen LogP contribution in [0.5, 0.6) is 0 Å². The molecule has 0 aromatic rings. The molecule has 0 N–H and O–H groups in total. The van der Waals surface area contributed by atoms with E-state index in [0.29, 0.717) is 139 Å². The number of ether oxygens (including phenoxy) is 11. The Morgan fingerprint density at radius 3 is 0.761 bits per heavy atom. The van der Waals surface area contributed by atoms with Crippen molar-refractivity contribution in [2.45, 2.75) is 71.1 Å². The van der Waals surface area contributed by atoms with Gasteiger partial charge in [-0.25, -0.2) is 0 Å². The smallest absolute Gasteiger partial charge is 0.0704 e. The summed E-state index contributed by atoms with van der Waals surface area (Å²) in [5.41, 5.74) is 0. The maximum absolute atomic E-state index is 5.65. The third kappa shape index (κ3) is 43.3. The minimum Gasteiger partial charge on any atom is -0.379 e. The third-order valence-electron chi connectivity index (χ3n) is 6.60. The molecule has 0 aliphatic heterocycles. The molecule has 0 aromatic carbocycles. The highest BCUT2D eigenvalue weighted by molar-refractivity contribution is 4.63. The molecule has 0 radical (unpaired) electrons. The average Bonchev–Trinajstić information content (AvgIpc) is 3.07. The van der Waals surface area contributed by atoms with Crippen LogP contribution in [0.3, 0.4) is 0 Å². The van der Waals surface area contributed by atoms with E-state index in [9.17, 15) is 0 Å². The molecule has 0 aliphatic carbocycles. The molecular weight excluding hydrogens is 596 g/mol. The number of unbranched alkanes of at least 4 members (excludes halogenated alkanes) is 9. The van der Waals surface area contributed by atoms with Crippen molar-refractivity contribution in [1.29, 1.82) is 0 Å². The molecule has 276 valence electrons. The summed E-state index contributed by atoms with van der Waals surface area (Å²) in [5, 5.41) is 0. The quantitative estimate of drug-likeness (QED) is 0.0628. The fraction of sp³-hybridized carbons (Fsp3) is 0.943. The van der Waals surface area contributed by atoms with Gasteiger partial charge in [0.05, 0.1) is 139 Å². The summed E-state index contributed by atoms with van der Waals surface area (Å²) < 4.78 is 60.2. The summed E-state index contributed by atoms with van der Waals surface area (Å²) in [6.45, 7) is 18.2. The van der Waals surface area contributed by atoms with E-state index in [1.807, 2.05) is 0 Å². The molecule has 0 atom stereocenters. The van der Waals surface area contributed by atoms with Crippen molar-refractivity contribution in [2.75, 3.05) is 145 Å². The van der Waals surface area contributed by atoms with E-state index < -0.39 is 0 Å². The number of rotatable bonds is 43. The van der Waals surface area contributed by atoms with Crippen LogP contribution in [0.15, 0.2) is 12.7 Å². The van der Waals surface area contributed by atoms with Gasteiger partial charge in [-0.05, 0) is 6.42 Å². The Morgan fingerprint density at radius 1 is 0.283 bits per heavy atom. The second-order valence-electron chi connectivity index (χ2n) is 10.7. The highest BCUT2D eigenvalue weighted by atomic mass is 16.6. The minimum atomic E-state index is 0.523. The van der Waals surface area contributed by atoms with Gasteiger partial charge in [-0.15, -0.1) is 6.58 Å². The van der Waals surface area contributed by atoms with Crippen molar-refractivity contribution in [3.8, 4) is 0 Å². The predicted molar refractivity (Wildman–Crippen MR) is 181 cm³/mol. The lowest BCUT2D eigenvalue weighted by Gasteiger charge is -2.09. The Balaban J connectivity index is 3.03. The van der Waals surface area contributed by atoms with Crippen molar-refractivity contribution in [1.82, 2.24) is 0 Å². The van der Waals surface area contributed by atoms with Crippen LogP contribution in [0, 0.1) is 0 Å². The van der Waals surface area contributed by atoms with E-state index in [4.69, 9.17) is 52.1 Å². The molecule has 0 saturated carbocycles. The maximum Gasteiger partial charge on any atom is 0.0704 e. The van der Waals surface area contributed by atoms with E-state index in [-0.39, 0.29) is 0 Å². The van der Waals surface area contributed by atoms with Crippen molar-refractivity contribution < 1.29 is 52.1 Å². The predicted octanol–water partition coefficient (Wildman–Crippen LogP) is 5.28. The van der Waals surface area contributed by atoms with E-state index in [0.717, 1.165) is 13.0 Å². The minimum absolute atomic E-state index is 0.523. The van der Waals surface area contributed by atoms with Gasteiger partial charge in [0.25, 0.3) is 0 Å². The summed E-state index contributed by atoms with van der Waals surface area (Å²) in [5.74, 6) is 0. The molecule has 0 fully saturated rings. The first-order chi connectivity index (χ1) is 22.9. The molecule has 0 spiro atoms. The number of hydrogen-bond acceptors (Lipinski definition) is 11. The SMILES string of the molecule is C=CCOCCOCCOCCOCCOCCOCCOCCOCCOCCOCCOCCCCCCCCCCCC. The summed E-state index contributed by atoms with van der Waals surface area (Å²) in [6.07, 6.45) is 15.1. The zero-order valence-corrected chi connectivity index (χ0v) is 29.4. The van der Waals surface area contributed by atoms with Gasteiger partial charge in [0, 0.05) is 6.61 Å². The van der Waals surface area contributed by atoms with E-state index in [1.54, 1.807) is 6.08 Å². The van der Waals surface area contributed by atoms with Crippen molar-refractivity contribution in [3.05, 3.63) is 12.7 Å². The van der Waals surface area contributed by atoms with Crippen LogP contribution in [-0.2, 0) is 52.1 Å². The molecule has 0 rings (SSSR count). The van der Waals surface area contributed by atoms with Gasteiger partial charge in [0.1, 0.15) is 0 Å². The second-order valence-corrected chi connectivity index (χ2v) is 10.7. The van der Waals surface area contributed by atoms with Crippen LogP contribution in [0.4, 0.5) is 0 Å². The molecule has 0 heterocycles. The van der Waals surface area contributed by atoms with Gasteiger partial charge in [0.15, 0.2) is 0 Å². The first kappa shape index (κ1) is 45.3. The fourth-order valence-corrected chi connectivity index (χ4v) is 4.06. The van der Waals surface area contributed by atoms with Crippen molar-refractivity contribution in [3.63, 3.8) is 0 Å². The van der Waals surface area contributed by atoms with Crippen LogP contribution < -0.4 is 0 Å². The van der Waals surface area contributed by atoms with Crippen molar-refractivity contribution in [2.24, 2.45) is 0 Å². The Labute approximate surface area is 281 Å². The summed E-state index contributed by atoms with van der Waals surface area (Å²) in [6, 6.07) is 0. The lowest BCUT2D eigenvalue weighted by atomic mass is 10.1. The standard InChI is InChI=1S/C35H70O11/c1-3-5-6-7-8-9-10-11-12-13-15-37-17-19-39-21-23-41-25-27-43-29-31-45-33-35-46-34-32-44-30-28-42-26-24-40-22-20-38-18-16-36-14-4-2/h4H,2-3,5-35H2,1H3. The Hall–Kier alpha value is -0.700. The first-order valence-corrected chi connectivity index (χ1v) is 17.9. The van der Waals surface area contributed by atoms with Gasteiger partial charge in [0.2, 0.25) is 0 Å². The molecule has 0 aliphatic rings.